The topological polar surface area (TPSA) is 63.6 Å². The molecule has 5 aromatic rings. The summed E-state index contributed by atoms with van der Waals surface area (Å²) in [6.45, 7) is 0. The number of phenolic OH excluding ortho intramolecular Hbond substituents is 1. The van der Waals surface area contributed by atoms with Gasteiger partial charge in [-0.2, -0.15) is 0 Å². The SMILES string of the molecule is O=c1cc2oc3ccccc3c3c4ccc(O)cc4oc(c1)c23. The Morgan fingerprint density at radius 1 is 0.696 bits per heavy atom. The maximum Gasteiger partial charge on any atom is 0.186 e. The maximum absolute atomic E-state index is 11.9. The third-order valence-corrected chi connectivity index (χ3v) is 4.12. The van der Waals surface area contributed by atoms with Crippen molar-refractivity contribution in [1.82, 2.24) is 0 Å². The van der Waals surface area contributed by atoms with Gasteiger partial charge in [-0.05, 0) is 18.2 Å². The lowest BCUT2D eigenvalue weighted by Gasteiger charge is -2.11. The molecule has 0 bridgehead atoms. The number of rotatable bonds is 0. The van der Waals surface area contributed by atoms with E-state index in [2.05, 4.69) is 0 Å². The summed E-state index contributed by atoms with van der Waals surface area (Å²) < 4.78 is 11.7. The molecule has 0 aliphatic carbocycles. The molecule has 2 aromatic heterocycles. The van der Waals surface area contributed by atoms with E-state index < -0.39 is 0 Å². The van der Waals surface area contributed by atoms with Gasteiger partial charge in [0.15, 0.2) is 5.43 Å². The fourth-order valence-electron chi connectivity index (χ4n) is 3.19. The van der Waals surface area contributed by atoms with Gasteiger partial charge in [0.2, 0.25) is 0 Å². The van der Waals surface area contributed by atoms with Gasteiger partial charge < -0.3 is 13.9 Å². The van der Waals surface area contributed by atoms with Gasteiger partial charge >= 0.3 is 0 Å². The molecule has 0 aliphatic rings. The van der Waals surface area contributed by atoms with Crippen LogP contribution in [-0.2, 0) is 0 Å². The number of hydrogen-bond acceptors (Lipinski definition) is 4. The molecule has 0 radical (unpaired) electrons. The third-order valence-electron chi connectivity index (χ3n) is 4.12. The first kappa shape index (κ1) is 12.3. The molecule has 0 atom stereocenters. The fraction of sp³-hybridized carbons (Fsp3) is 0. The molecule has 2 heterocycles. The highest BCUT2D eigenvalue weighted by Crippen LogP contribution is 2.38. The molecule has 0 unspecified atom stereocenters. The quantitative estimate of drug-likeness (QED) is 0.336. The minimum atomic E-state index is -0.180. The van der Waals surface area contributed by atoms with Crippen LogP contribution in [0.4, 0.5) is 0 Å². The highest BCUT2D eigenvalue weighted by molar-refractivity contribution is 6.25. The first-order valence-electron chi connectivity index (χ1n) is 7.21. The highest BCUT2D eigenvalue weighted by atomic mass is 16.3. The normalized spacial score (nSPS) is 11.8. The van der Waals surface area contributed by atoms with E-state index in [0.29, 0.717) is 22.3 Å². The average Bonchev–Trinajstić information content (AvgIpc) is 2.53. The average molecular weight is 302 g/mol. The summed E-state index contributed by atoms with van der Waals surface area (Å²) in [5.41, 5.74) is 2.00. The summed E-state index contributed by atoms with van der Waals surface area (Å²) in [5.74, 6) is 0.117. The number of phenols is 1. The van der Waals surface area contributed by atoms with Gasteiger partial charge in [-0.3, -0.25) is 4.79 Å². The first-order chi connectivity index (χ1) is 11.2. The maximum atomic E-state index is 11.9. The number of para-hydroxylation sites is 1. The molecular weight excluding hydrogens is 292 g/mol. The summed E-state index contributed by atoms with van der Waals surface area (Å²) in [5, 5.41) is 13.3. The molecule has 4 nitrogen and oxygen atoms in total. The number of aromatic hydroxyl groups is 1. The molecule has 0 spiro atoms. The lowest BCUT2D eigenvalue weighted by atomic mass is 10.0. The van der Waals surface area contributed by atoms with Crippen molar-refractivity contribution in [3.05, 3.63) is 64.8 Å². The van der Waals surface area contributed by atoms with Gasteiger partial charge in [0.25, 0.3) is 0 Å². The van der Waals surface area contributed by atoms with Crippen LogP contribution in [-0.4, -0.2) is 5.11 Å². The zero-order valence-corrected chi connectivity index (χ0v) is 11.9. The van der Waals surface area contributed by atoms with Crippen molar-refractivity contribution < 1.29 is 13.9 Å². The van der Waals surface area contributed by atoms with Crippen LogP contribution in [0.5, 0.6) is 5.75 Å². The number of hydrogen-bond donors (Lipinski definition) is 1. The molecule has 23 heavy (non-hydrogen) atoms. The third kappa shape index (κ3) is 1.63. The lowest BCUT2D eigenvalue weighted by Crippen LogP contribution is -1.97. The van der Waals surface area contributed by atoms with Gasteiger partial charge in [0, 0.05) is 34.4 Å². The van der Waals surface area contributed by atoms with Crippen LogP contribution >= 0.6 is 0 Å². The second-order valence-corrected chi connectivity index (χ2v) is 5.55. The Balaban J connectivity index is 2.24. The van der Waals surface area contributed by atoms with Crippen molar-refractivity contribution in [2.75, 3.05) is 0 Å². The van der Waals surface area contributed by atoms with Crippen molar-refractivity contribution in [3.63, 3.8) is 0 Å². The Morgan fingerprint density at radius 2 is 1.39 bits per heavy atom. The van der Waals surface area contributed by atoms with Crippen molar-refractivity contribution in [3.8, 4) is 5.75 Å². The number of benzene rings is 3. The van der Waals surface area contributed by atoms with Crippen molar-refractivity contribution >= 4 is 43.9 Å². The van der Waals surface area contributed by atoms with Crippen LogP contribution < -0.4 is 5.43 Å². The van der Waals surface area contributed by atoms with Crippen LogP contribution in [0.25, 0.3) is 43.9 Å². The van der Waals surface area contributed by atoms with E-state index in [4.69, 9.17) is 8.83 Å². The summed E-state index contributed by atoms with van der Waals surface area (Å²) in [7, 11) is 0. The number of fused-ring (bicyclic) bond motifs is 4. The molecule has 0 aliphatic heterocycles. The highest BCUT2D eigenvalue weighted by Gasteiger charge is 2.15. The fourth-order valence-corrected chi connectivity index (χ4v) is 3.19. The van der Waals surface area contributed by atoms with Crippen molar-refractivity contribution in [2.45, 2.75) is 0 Å². The van der Waals surface area contributed by atoms with E-state index in [9.17, 15) is 9.90 Å². The van der Waals surface area contributed by atoms with Crippen molar-refractivity contribution in [1.29, 1.82) is 0 Å². The zero-order valence-electron chi connectivity index (χ0n) is 11.9. The van der Waals surface area contributed by atoms with Crippen molar-refractivity contribution in [2.24, 2.45) is 0 Å². The molecule has 0 saturated heterocycles. The van der Waals surface area contributed by atoms with E-state index in [-0.39, 0.29) is 11.2 Å². The van der Waals surface area contributed by atoms with E-state index in [1.807, 2.05) is 30.3 Å². The van der Waals surface area contributed by atoms with E-state index in [1.54, 1.807) is 12.1 Å². The van der Waals surface area contributed by atoms with Gasteiger partial charge in [-0.25, -0.2) is 0 Å². The van der Waals surface area contributed by atoms with Crippen LogP contribution in [0.3, 0.4) is 0 Å². The molecule has 4 heteroatoms. The van der Waals surface area contributed by atoms with E-state index in [0.717, 1.165) is 21.5 Å². The van der Waals surface area contributed by atoms with Crippen LogP contribution in [0.1, 0.15) is 0 Å². The van der Waals surface area contributed by atoms with E-state index in [1.165, 1.54) is 12.1 Å². The minimum absolute atomic E-state index is 0.117. The minimum Gasteiger partial charge on any atom is -0.508 e. The predicted molar refractivity (Wildman–Crippen MR) is 88.9 cm³/mol. The largest absolute Gasteiger partial charge is 0.508 e. The van der Waals surface area contributed by atoms with Gasteiger partial charge in [0.1, 0.15) is 28.1 Å². The van der Waals surface area contributed by atoms with Crippen LogP contribution in [0, 0.1) is 0 Å². The summed E-state index contributed by atoms with van der Waals surface area (Å²) in [6.07, 6.45) is 0. The zero-order chi connectivity index (χ0) is 15.6. The standard InChI is InChI=1S/C19H10O4/c20-10-5-6-13-15(7-10)23-17-9-11(21)8-16-19(17)18(13)12-3-1-2-4-14(12)22-16/h1-9,20H. The molecule has 0 saturated carbocycles. The van der Waals surface area contributed by atoms with Gasteiger partial charge in [0.05, 0.1) is 5.39 Å². The Labute approximate surface area is 129 Å². The second kappa shape index (κ2) is 4.14. The van der Waals surface area contributed by atoms with Crippen LogP contribution in [0.15, 0.2) is 68.2 Å². The Bertz CT molecular complexity index is 1290. The second-order valence-electron chi connectivity index (χ2n) is 5.55. The Hall–Kier alpha value is -3.27. The molecule has 3 aromatic carbocycles. The summed E-state index contributed by atoms with van der Waals surface area (Å²) in [6, 6.07) is 15.6. The summed E-state index contributed by atoms with van der Waals surface area (Å²) >= 11 is 0. The molecule has 5 rings (SSSR count). The molecule has 0 fully saturated rings. The van der Waals surface area contributed by atoms with Gasteiger partial charge in [-0.1, -0.05) is 18.2 Å². The van der Waals surface area contributed by atoms with Gasteiger partial charge in [-0.15, -0.1) is 0 Å². The first-order valence-corrected chi connectivity index (χ1v) is 7.21. The Morgan fingerprint density at radius 3 is 2.22 bits per heavy atom. The smallest absolute Gasteiger partial charge is 0.186 e. The molecule has 110 valence electrons. The molecule has 0 amide bonds. The summed E-state index contributed by atoms with van der Waals surface area (Å²) in [4.78, 5) is 11.9. The van der Waals surface area contributed by atoms with Crippen LogP contribution in [0.2, 0.25) is 0 Å². The molecule has 1 N–H and O–H groups in total. The molecular formula is C19H10O4. The Kier molecular flexibility index (Phi) is 2.21. The predicted octanol–water partition coefficient (Wildman–Crippen LogP) is 4.55. The lowest BCUT2D eigenvalue weighted by molar-refractivity contribution is 0.474. The monoisotopic (exact) mass is 302 g/mol. The van der Waals surface area contributed by atoms with E-state index >= 15 is 0 Å².